The summed E-state index contributed by atoms with van der Waals surface area (Å²) < 4.78 is 5.57. The molecule has 3 rings (SSSR count). The molecule has 1 atom stereocenters. The Kier molecular flexibility index (Phi) is 7.65. The Hall–Kier alpha value is -2.94. The number of nitrogens with one attached hydrogen (secondary N) is 1. The summed E-state index contributed by atoms with van der Waals surface area (Å²) in [5.74, 6) is -0.636. The molecule has 1 N–H and O–H groups in total. The Labute approximate surface area is 201 Å². The van der Waals surface area contributed by atoms with Gasteiger partial charge in [0.05, 0.1) is 17.7 Å². The number of imide groups is 1. The zero-order valence-electron chi connectivity index (χ0n) is 21.0. The van der Waals surface area contributed by atoms with E-state index in [1.54, 1.807) is 23.1 Å². The fourth-order valence-corrected chi connectivity index (χ4v) is 4.38. The number of ether oxygens (including phenoxy) is 1. The van der Waals surface area contributed by atoms with Crippen LogP contribution in [0, 0.1) is 5.92 Å². The van der Waals surface area contributed by atoms with E-state index in [9.17, 15) is 19.2 Å². The highest BCUT2D eigenvalue weighted by molar-refractivity contribution is 6.21. The number of anilines is 1. The SMILES string of the molecule is CC(C)N(CC1CCCN(CC(=O)Nc2ccc3c(c2)C(=O)N(C)C3=O)C1)C(=O)OC(C)(C)C. The van der Waals surface area contributed by atoms with Gasteiger partial charge in [0, 0.05) is 31.9 Å². The van der Waals surface area contributed by atoms with E-state index < -0.39 is 5.60 Å². The number of amides is 4. The van der Waals surface area contributed by atoms with Crippen molar-refractivity contribution in [3.8, 4) is 0 Å². The summed E-state index contributed by atoms with van der Waals surface area (Å²) in [6, 6.07) is 4.78. The van der Waals surface area contributed by atoms with Gasteiger partial charge in [0.1, 0.15) is 5.60 Å². The molecule has 1 saturated heterocycles. The Morgan fingerprint density at radius 2 is 1.85 bits per heavy atom. The Bertz CT molecular complexity index is 969. The van der Waals surface area contributed by atoms with Crippen molar-refractivity contribution in [2.45, 2.75) is 59.1 Å². The van der Waals surface area contributed by atoms with Crippen molar-refractivity contribution in [2.24, 2.45) is 5.92 Å². The first-order valence-electron chi connectivity index (χ1n) is 11.8. The van der Waals surface area contributed by atoms with Crippen LogP contribution in [0.3, 0.4) is 0 Å². The van der Waals surface area contributed by atoms with E-state index in [4.69, 9.17) is 4.74 Å². The molecule has 0 aromatic heterocycles. The first-order chi connectivity index (χ1) is 15.9. The lowest BCUT2D eigenvalue weighted by atomic mass is 9.97. The topological polar surface area (TPSA) is 99.3 Å². The maximum Gasteiger partial charge on any atom is 0.410 e. The van der Waals surface area contributed by atoms with Crippen LogP contribution in [0.5, 0.6) is 0 Å². The van der Waals surface area contributed by atoms with Crippen molar-refractivity contribution in [1.82, 2.24) is 14.7 Å². The van der Waals surface area contributed by atoms with E-state index in [0.717, 1.165) is 24.3 Å². The molecule has 0 bridgehead atoms. The lowest BCUT2D eigenvalue weighted by molar-refractivity contribution is -0.117. The molecule has 186 valence electrons. The fourth-order valence-electron chi connectivity index (χ4n) is 4.38. The van der Waals surface area contributed by atoms with Crippen LogP contribution in [0.2, 0.25) is 0 Å². The van der Waals surface area contributed by atoms with Gasteiger partial charge >= 0.3 is 6.09 Å². The van der Waals surface area contributed by atoms with Gasteiger partial charge in [0.15, 0.2) is 0 Å². The summed E-state index contributed by atoms with van der Waals surface area (Å²) in [7, 11) is 1.44. The minimum atomic E-state index is -0.550. The van der Waals surface area contributed by atoms with E-state index in [1.165, 1.54) is 7.05 Å². The molecule has 4 amide bonds. The largest absolute Gasteiger partial charge is 0.444 e. The predicted octanol–water partition coefficient (Wildman–Crippen LogP) is 3.21. The third-order valence-electron chi connectivity index (χ3n) is 6.05. The number of piperidine rings is 1. The highest BCUT2D eigenvalue weighted by atomic mass is 16.6. The zero-order chi connectivity index (χ0) is 25.2. The molecule has 1 unspecified atom stereocenters. The average Bonchev–Trinajstić information content (AvgIpc) is 2.94. The normalized spacial score (nSPS) is 18.8. The molecule has 2 aliphatic heterocycles. The molecule has 9 nitrogen and oxygen atoms in total. The summed E-state index contributed by atoms with van der Waals surface area (Å²) in [5, 5.41) is 2.84. The van der Waals surface area contributed by atoms with Crippen LogP contribution in [-0.2, 0) is 9.53 Å². The molecule has 1 fully saturated rings. The molecule has 0 radical (unpaired) electrons. The van der Waals surface area contributed by atoms with Crippen molar-refractivity contribution in [3.63, 3.8) is 0 Å². The molecule has 0 saturated carbocycles. The molecule has 9 heteroatoms. The highest BCUT2D eigenvalue weighted by Gasteiger charge is 2.33. The van der Waals surface area contributed by atoms with E-state index in [-0.39, 0.29) is 42.3 Å². The van der Waals surface area contributed by atoms with Crippen LogP contribution in [0.1, 0.15) is 68.2 Å². The fraction of sp³-hybridized carbons (Fsp3) is 0.600. The second-order valence-corrected chi connectivity index (χ2v) is 10.4. The molecule has 1 aromatic carbocycles. The Morgan fingerprint density at radius 3 is 2.50 bits per heavy atom. The number of carbonyl (C=O) groups is 4. The van der Waals surface area contributed by atoms with Crippen molar-refractivity contribution < 1.29 is 23.9 Å². The number of benzene rings is 1. The molecule has 0 aliphatic carbocycles. The maximum absolute atomic E-state index is 12.7. The molecule has 2 aliphatic rings. The number of fused-ring (bicyclic) bond motifs is 1. The third-order valence-corrected chi connectivity index (χ3v) is 6.05. The van der Waals surface area contributed by atoms with E-state index in [2.05, 4.69) is 10.2 Å². The quantitative estimate of drug-likeness (QED) is 0.639. The minimum absolute atomic E-state index is 0.0157. The van der Waals surface area contributed by atoms with Gasteiger partial charge in [-0.1, -0.05) is 0 Å². The number of hydrogen-bond donors (Lipinski definition) is 1. The van der Waals surface area contributed by atoms with Crippen LogP contribution in [0.25, 0.3) is 0 Å². The summed E-state index contributed by atoms with van der Waals surface area (Å²) in [6.07, 6.45) is 1.62. The first-order valence-corrected chi connectivity index (χ1v) is 11.8. The van der Waals surface area contributed by atoms with Crippen LogP contribution in [0.15, 0.2) is 18.2 Å². The zero-order valence-corrected chi connectivity index (χ0v) is 21.0. The highest BCUT2D eigenvalue weighted by Crippen LogP contribution is 2.25. The lowest BCUT2D eigenvalue weighted by Gasteiger charge is -2.37. The number of carbonyl (C=O) groups excluding carboxylic acids is 4. The van der Waals surface area contributed by atoms with E-state index in [1.807, 2.05) is 34.6 Å². The molecular formula is C25H36N4O5. The number of likely N-dealkylation sites (tertiary alicyclic amines) is 1. The lowest BCUT2D eigenvalue weighted by Crippen LogP contribution is -2.48. The van der Waals surface area contributed by atoms with Gasteiger partial charge in [0.25, 0.3) is 11.8 Å². The maximum atomic E-state index is 12.7. The number of rotatable bonds is 6. The average molecular weight is 473 g/mol. The molecule has 1 aromatic rings. The Morgan fingerprint density at radius 1 is 1.18 bits per heavy atom. The van der Waals surface area contributed by atoms with Gasteiger partial charge in [-0.05, 0) is 78.1 Å². The van der Waals surface area contributed by atoms with E-state index >= 15 is 0 Å². The van der Waals surface area contributed by atoms with Gasteiger partial charge in [-0.15, -0.1) is 0 Å². The minimum Gasteiger partial charge on any atom is -0.444 e. The number of nitrogens with zero attached hydrogens (tertiary/aromatic N) is 3. The van der Waals surface area contributed by atoms with Gasteiger partial charge in [-0.2, -0.15) is 0 Å². The van der Waals surface area contributed by atoms with Gasteiger partial charge in [-0.3, -0.25) is 24.2 Å². The smallest absolute Gasteiger partial charge is 0.410 e. The first kappa shape index (κ1) is 25.7. The summed E-state index contributed by atoms with van der Waals surface area (Å²) in [4.78, 5) is 54.5. The van der Waals surface area contributed by atoms with Crippen LogP contribution < -0.4 is 5.32 Å². The third kappa shape index (κ3) is 6.14. The number of hydrogen-bond acceptors (Lipinski definition) is 6. The van der Waals surface area contributed by atoms with Crippen molar-refractivity contribution in [1.29, 1.82) is 0 Å². The van der Waals surface area contributed by atoms with Gasteiger partial charge in [-0.25, -0.2) is 4.79 Å². The summed E-state index contributed by atoms with van der Waals surface area (Å²) in [5.41, 5.74) is 0.596. The monoisotopic (exact) mass is 472 g/mol. The molecule has 2 heterocycles. The van der Waals surface area contributed by atoms with Crippen LogP contribution >= 0.6 is 0 Å². The predicted molar refractivity (Wildman–Crippen MR) is 129 cm³/mol. The van der Waals surface area contributed by atoms with E-state index in [0.29, 0.717) is 29.9 Å². The summed E-state index contributed by atoms with van der Waals surface area (Å²) >= 11 is 0. The van der Waals surface area contributed by atoms with Crippen molar-refractivity contribution >= 4 is 29.5 Å². The van der Waals surface area contributed by atoms with Crippen molar-refractivity contribution in [2.75, 3.05) is 38.5 Å². The second kappa shape index (κ2) is 10.1. The van der Waals surface area contributed by atoms with Crippen LogP contribution in [-0.4, -0.2) is 83.4 Å². The van der Waals surface area contributed by atoms with Crippen molar-refractivity contribution in [3.05, 3.63) is 29.3 Å². The standard InChI is InChI=1S/C25H36N4O5/c1-16(2)29(24(33)34-25(3,4)5)14-17-8-7-11-28(13-17)15-21(30)26-18-9-10-19-20(12-18)23(32)27(6)22(19)31/h9-10,12,16-17H,7-8,11,13-15H2,1-6H3,(H,26,30). The van der Waals surface area contributed by atoms with Gasteiger partial charge < -0.3 is 15.0 Å². The second-order valence-electron chi connectivity index (χ2n) is 10.4. The molecular weight excluding hydrogens is 436 g/mol. The summed E-state index contributed by atoms with van der Waals surface area (Å²) in [6.45, 7) is 11.8. The van der Waals surface area contributed by atoms with Gasteiger partial charge in [0.2, 0.25) is 5.91 Å². The Balaban J connectivity index is 1.56. The molecule has 34 heavy (non-hydrogen) atoms. The van der Waals surface area contributed by atoms with Crippen LogP contribution in [0.4, 0.5) is 10.5 Å². The molecule has 0 spiro atoms.